The number of aryl methyl sites for hydroxylation is 1. The third-order valence-electron chi connectivity index (χ3n) is 4.77. The van der Waals surface area contributed by atoms with Gasteiger partial charge in [-0.15, -0.1) is 0 Å². The van der Waals surface area contributed by atoms with Crippen LogP contribution in [-0.2, 0) is 18.4 Å². The summed E-state index contributed by atoms with van der Waals surface area (Å²) in [6.07, 6.45) is 2.74. The molecule has 1 heterocycles. The monoisotopic (exact) mass is 414 g/mol. The molecule has 30 heavy (non-hydrogen) atoms. The fourth-order valence-electron chi connectivity index (χ4n) is 3.24. The highest BCUT2D eigenvalue weighted by molar-refractivity contribution is 5.92. The largest absolute Gasteiger partial charge is 0.497 e. The molecule has 0 atom stereocenters. The molecule has 1 N–H and O–H groups in total. The lowest BCUT2D eigenvalue weighted by Gasteiger charge is -2.29. The number of urea groups is 1. The molecule has 2 rings (SSSR count). The predicted molar refractivity (Wildman–Crippen MR) is 120 cm³/mol. The first-order valence-electron chi connectivity index (χ1n) is 10.4. The van der Waals surface area contributed by atoms with Crippen molar-refractivity contribution in [2.45, 2.75) is 33.7 Å². The Labute approximate surface area is 179 Å². The third-order valence-corrected chi connectivity index (χ3v) is 4.77. The molecule has 0 saturated carbocycles. The number of hydrogen-bond donors (Lipinski definition) is 1. The minimum atomic E-state index is -0.290. The number of amides is 3. The van der Waals surface area contributed by atoms with Gasteiger partial charge in [-0.05, 0) is 36.6 Å². The minimum Gasteiger partial charge on any atom is -0.497 e. The van der Waals surface area contributed by atoms with E-state index in [1.165, 1.54) is 0 Å². The van der Waals surface area contributed by atoms with Crippen LogP contribution in [-0.4, -0.2) is 53.0 Å². The number of carbonyl (C=O) groups excluding carboxylic acids is 2. The van der Waals surface area contributed by atoms with Crippen LogP contribution in [0.2, 0.25) is 0 Å². The molecule has 0 aliphatic heterocycles. The first-order chi connectivity index (χ1) is 14.3. The van der Waals surface area contributed by atoms with Gasteiger partial charge < -0.3 is 24.4 Å². The van der Waals surface area contributed by atoms with Gasteiger partial charge in [0.2, 0.25) is 5.91 Å². The van der Waals surface area contributed by atoms with Gasteiger partial charge in [0, 0.05) is 43.8 Å². The van der Waals surface area contributed by atoms with E-state index in [1.807, 2.05) is 53.9 Å². The molecule has 0 saturated heterocycles. The van der Waals surface area contributed by atoms with E-state index in [-0.39, 0.29) is 18.5 Å². The van der Waals surface area contributed by atoms with Crippen LogP contribution in [0.15, 0.2) is 42.6 Å². The number of carbonyl (C=O) groups is 2. The Morgan fingerprint density at radius 3 is 2.53 bits per heavy atom. The lowest BCUT2D eigenvalue weighted by molar-refractivity contribution is -0.133. The smallest absolute Gasteiger partial charge is 0.322 e. The van der Waals surface area contributed by atoms with Gasteiger partial charge in [0.1, 0.15) is 12.3 Å². The number of nitrogens with one attached hydrogen (secondary N) is 1. The van der Waals surface area contributed by atoms with E-state index in [2.05, 4.69) is 19.2 Å². The number of anilines is 1. The van der Waals surface area contributed by atoms with Crippen molar-refractivity contribution >= 4 is 17.6 Å². The van der Waals surface area contributed by atoms with E-state index >= 15 is 0 Å². The van der Waals surface area contributed by atoms with Crippen LogP contribution in [0.5, 0.6) is 5.75 Å². The van der Waals surface area contributed by atoms with Gasteiger partial charge in [-0.3, -0.25) is 4.79 Å². The topological polar surface area (TPSA) is 66.8 Å². The molecule has 0 aliphatic rings. The summed E-state index contributed by atoms with van der Waals surface area (Å²) < 4.78 is 7.22. The molecule has 0 aliphatic carbocycles. The average molecular weight is 415 g/mol. The van der Waals surface area contributed by atoms with E-state index in [0.717, 1.165) is 12.1 Å². The van der Waals surface area contributed by atoms with E-state index in [9.17, 15) is 9.59 Å². The Balaban J connectivity index is 2.10. The summed E-state index contributed by atoms with van der Waals surface area (Å²) in [5.74, 6) is 0.940. The van der Waals surface area contributed by atoms with E-state index in [4.69, 9.17) is 4.74 Å². The standard InChI is InChI=1S/C23H34N4O3/c1-6-12-26(23(29)24-19-9-7-11-21(14-19)30-5)17-22(28)27(15-18(2)3)16-20-10-8-13-25(20)4/h7-11,13-14,18H,6,12,15-17H2,1-5H3,(H,24,29). The van der Waals surface area contributed by atoms with Crippen molar-refractivity contribution in [1.82, 2.24) is 14.4 Å². The Morgan fingerprint density at radius 1 is 1.17 bits per heavy atom. The van der Waals surface area contributed by atoms with Crippen molar-refractivity contribution < 1.29 is 14.3 Å². The second-order valence-corrected chi connectivity index (χ2v) is 7.86. The molecule has 7 heteroatoms. The lowest BCUT2D eigenvalue weighted by Crippen LogP contribution is -2.45. The van der Waals surface area contributed by atoms with Crippen molar-refractivity contribution in [3.63, 3.8) is 0 Å². The molecule has 0 spiro atoms. The second-order valence-electron chi connectivity index (χ2n) is 7.86. The quantitative estimate of drug-likeness (QED) is 0.640. The maximum Gasteiger partial charge on any atom is 0.322 e. The molecule has 2 aromatic rings. The molecule has 1 aromatic heterocycles. The molecule has 0 unspecified atom stereocenters. The van der Waals surface area contributed by atoms with E-state index < -0.39 is 0 Å². The van der Waals surface area contributed by atoms with Gasteiger partial charge in [0.05, 0.1) is 13.7 Å². The highest BCUT2D eigenvalue weighted by Crippen LogP contribution is 2.17. The van der Waals surface area contributed by atoms with Crippen LogP contribution < -0.4 is 10.1 Å². The van der Waals surface area contributed by atoms with Crippen LogP contribution in [0, 0.1) is 5.92 Å². The maximum atomic E-state index is 13.1. The number of ether oxygens (including phenoxy) is 1. The summed E-state index contributed by atoms with van der Waals surface area (Å²) in [5.41, 5.74) is 1.70. The number of nitrogens with zero attached hydrogens (tertiary/aromatic N) is 3. The van der Waals surface area contributed by atoms with Crippen LogP contribution in [0.25, 0.3) is 0 Å². The molecule has 164 valence electrons. The molecule has 1 aromatic carbocycles. The van der Waals surface area contributed by atoms with Gasteiger partial charge >= 0.3 is 6.03 Å². The third kappa shape index (κ3) is 6.83. The molecule has 0 fully saturated rings. The van der Waals surface area contributed by atoms with Crippen molar-refractivity contribution in [1.29, 1.82) is 0 Å². The zero-order valence-electron chi connectivity index (χ0n) is 18.7. The summed E-state index contributed by atoms with van der Waals surface area (Å²) in [6, 6.07) is 10.9. The van der Waals surface area contributed by atoms with E-state index in [0.29, 0.717) is 37.0 Å². The van der Waals surface area contributed by atoms with Gasteiger partial charge in [-0.2, -0.15) is 0 Å². The van der Waals surface area contributed by atoms with Crippen molar-refractivity contribution in [2.75, 3.05) is 32.1 Å². The summed E-state index contributed by atoms with van der Waals surface area (Å²) in [7, 11) is 3.55. The molecule has 0 radical (unpaired) electrons. The SMILES string of the molecule is CCCN(CC(=O)N(Cc1cccn1C)CC(C)C)C(=O)Nc1cccc(OC)c1. The normalized spacial score (nSPS) is 10.7. The molecule has 0 bridgehead atoms. The van der Waals surface area contributed by atoms with Crippen molar-refractivity contribution in [2.24, 2.45) is 13.0 Å². The number of hydrogen-bond acceptors (Lipinski definition) is 3. The zero-order chi connectivity index (χ0) is 22.1. The Kier molecular flexibility index (Phi) is 8.77. The summed E-state index contributed by atoms with van der Waals surface area (Å²) in [6.45, 7) is 7.88. The first-order valence-corrected chi connectivity index (χ1v) is 10.4. The number of methoxy groups -OCH3 is 1. The summed E-state index contributed by atoms with van der Waals surface area (Å²) in [5, 5.41) is 2.87. The minimum absolute atomic E-state index is 0.0424. The fraction of sp³-hybridized carbons (Fsp3) is 0.478. The van der Waals surface area contributed by atoms with Crippen LogP contribution in [0.4, 0.5) is 10.5 Å². The number of aromatic nitrogens is 1. The van der Waals surface area contributed by atoms with Crippen molar-refractivity contribution in [3.05, 3.63) is 48.3 Å². The number of rotatable bonds is 10. The van der Waals surface area contributed by atoms with Crippen LogP contribution >= 0.6 is 0 Å². The predicted octanol–water partition coefficient (Wildman–Crippen LogP) is 3.96. The second kappa shape index (κ2) is 11.3. The van der Waals surface area contributed by atoms with Gasteiger partial charge in [0.15, 0.2) is 0 Å². The Bertz CT molecular complexity index is 831. The first kappa shape index (κ1) is 23.3. The summed E-state index contributed by atoms with van der Waals surface area (Å²) in [4.78, 5) is 29.4. The van der Waals surface area contributed by atoms with Gasteiger partial charge in [0.25, 0.3) is 0 Å². The zero-order valence-corrected chi connectivity index (χ0v) is 18.7. The molecular formula is C23H34N4O3. The summed E-state index contributed by atoms with van der Waals surface area (Å²) >= 11 is 0. The molecular weight excluding hydrogens is 380 g/mol. The Hall–Kier alpha value is -2.96. The highest BCUT2D eigenvalue weighted by Gasteiger charge is 2.22. The highest BCUT2D eigenvalue weighted by atomic mass is 16.5. The van der Waals surface area contributed by atoms with Gasteiger partial charge in [-0.1, -0.05) is 26.8 Å². The molecule has 7 nitrogen and oxygen atoms in total. The van der Waals surface area contributed by atoms with E-state index in [1.54, 1.807) is 24.1 Å². The fourth-order valence-corrected chi connectivity index (χ4v) is 3.24. The number of benzene rings is 1. The van der Waals surface area contributed by atoms with Crippen LogP contribution in [0.1, 0.15) is 32.9 Å². The Morgan fingerprint density at radius 2 is 1.93 bits per heavy atom. The van der Waals surface area contributed by atoms with Crippen LogP contribution in [0.3, 0.4) is 0 Å². The van der Waals surface area contributed by atoms with Gasteiger partial charge in [-0.25, -0.2) is 4.79 Å². The average Bonchev–Trinajstić information content (AvgIpc) is 3.11. The molecule has 3 amide bonds. The van der Waals surface area contributed by atoms with Crippen molar-refractivity contribution in [3.8, 4) is 5.75 Å². The maximum absolute atomic E-state index is 13.1. The lowest BCUT2D eigenvalue weighted by atomic mass is 10.2.